The lowest BCUT2D eigenvalue weighted by molar-refractivity contribution is -0.137. The minimum absolute atomic E-state index is 0.0246. The van der Waals surface area contributed by atoms with Gasteiger partial charge in [-0.25, -0.2) is 4.98 Å². The molecule has 28 heavy (non-hydrogen) atoms. The van der Waals surface area contributed by atoms with Gasteiger partial charge >= 0.3 is 6.18 Å². The van der Waals surface area contributed by atoms with Crippen LogP contribution < -0.4 is 10.2 Å². The number of hydrogen-bond acceptors (Lipinski definition) is 4. The van der Waals surface area contributed by atoms with Crippen molar-refractivity contribution in [3.8, 4) is 0 Å². The Hall–Kier alpha value is -1.54. The van der Waals surface area contributed by atoms with Gasteiger partial charge in [0.15, 0.2) is 0 Å². The second-order valence-electron chi connectivity index (χ2n) is 7.81. The molecule has 9 heteroatoms. The molecular weight excluding hydrogens is 393 g/mol. The number of nitrogens with zero attached hydrogens (tertiary/aromatic N) is 3. The summed E-state index contributed by atoms with van der Waals surface area (Å²) in [4.78, 5) is 20.3. The lowest BCUT2D eigenvalue weighted by Crippen LogP contribution is -2.46. The van der Waals surface area contributed by atoms with Crippen molar-refractivity contribution in [3.63, 3.8) is 0 Å². The van der Waals surface area contributed by atoms with E-state index in [1.165, 1.54) is 0 Å². The average Bonchev–Trinajstić information content (AvgIpc) is 2.60. The first-order valence-corrected chi connectivity index (χ1v) is 9.80. The van der Waals surface area contributed by atoms with Gasteiger partial charge in [-0.3, -0.25) is 4.79 Å². The van der Waals surface area contributed by atoms with Gasteiger partial charge in [-0.1, -0.05) is 25.4 Å². The zero-order valence-corrected chi connectivity index (χ0v) is 17.4. The monoisotopic (exact) mass is 420 g/mol. The topological polar surface area (TPSA) is 48.5 Å². The SMILES string of the molecule is CC(C)C(CNC(=O)C1CCN(c2ncc(C(F)(F)F)cc2Cl)CC1)N(C)C. The van der Waals surface area contributed by atoms with Gasteiger partial charge in [0.05, 0.1) is 10.6 Å². The number of carbonyl (C=O) groups is 1. The van der Waals surface area contributed by atoms with E-state index in [9.17, 15) is 18.0 Å². The van der Waals surface area contributed by atoms with Crippen molar-refractivity contribution < 1.29 is 18.0 Å². The number of pyridine rings is 1. The van der Waals surface area contributed by atoms with Gasteiger partial charge in [-0.05, 0) is 38.9 Å². The van der Waals surface area contributed by atoms with E-state index in [0.29, 0.717) is 44.2 Å². The van der Waals surface area contributed by atoms with Gasteiger partial charge in [0, 0.05) is 37.8 Å². The first-order valence-electron chi connectivity index (χ1n) is 9.42. The minimum atomic E-state index is -4.47. The van der Waals surface area contributed by atoms with Crippen molar-refractivity contribution in [1.29, 1.82) is 0 Å². The Bertz CT molecular complexity index is 666. The quantitative estimate of drug-likeness (QED) is 0.762. The fourth-order valence-electron chi connectivity index (χ4n) is 3.54. The smallest absolute Gasteiger partial charge is 0.355 e. The second-order valence-corrected chi connectivity index (χ2v) is 8.22. The number of likely N-dealkylation sites (N-methyl/N-ethyl adjacent to an activating group) is 1. The van der Waals surface area contributed by atoms with Crippen molar-refractivity contribution in [3.05, 3.63) is 22.8 Å². The van der Waals surface area contributed by atoms with Gasteiger partial charge in [-0.15, -0.1) is 0 Å². The van der Waals surface area contributed by atoms with E-state index in [2.05, 4.69) is 29.0 Å². The first kappa shape index (κ1) is 22.7. The van der Waals surface area contributed by atoms with Crippen LogP contribution in [0.5, 0.6) is 0 Å². The Morgan fingerprint density at radius 3 is 2.43 bits per heavy atom. The number of aromatic nitrogens is 1. The fourth-order valence-corrected chi connectivity index (χ4v) is 3.82. The molecule has 2 heterocycles. The summed E-state index contributed by atoms with van der Waals surface area (Å²) in [5.41, 5.74) is -0.865. The summed E-state index contributed by atoms with van der Waals surface area (Å²) in [6.07, 6.45) is -2.45. The summed E-state index contributed by atoms with van der Waals surface area (Å²) in [7, 11) is 3.99. The Morgan fingerprint density at radius 2 is 1.96 bits per heavy atom. The zero-order valence-electron chi connectivity index (χ0n) is 16.7. The second kappa shape index (κ2) is 9.31. The molecule has 1 fully saturated rings. The summed E-state index contributed by atoms with van der Waals surface area (Å²) >= 11 is 6.02. The maximum absolute atomic E-state index is 12.8. The van der Waals surface area contributed by atoms with Crippen LogP contribution in [0, 0.1) is 11.8 Å². The van der Waals surface area contributed by atoms with Crippen molar-refractivity contribution in [1.82, 2.24) is 15.2 Å². The van der Waals surface area contributed by atoms with Crippen LogP contribution >= 0.6 is 11.6 Å². The number of carbonyl (C=O) groups excluding carboxylic acids is 1. The number of hydrogen-bond donors (Lipinski definition) is 1. The highest BCUT2D eigenvalue weighted by molar-refractivity contribution is 6.33. The third-order valence-corrected chi connectivity index (χ3v) is 5.51. The molecule has 0 aliphatic carbocycles. The molecule has 5 nitrogen and oxygen atoms in total. The molecule has 1 atom stereocenters. The van der Waals surface area contributed by atoms with Crippen LogP contribution in [-0.4, -0.2) is 55.6 Å². The Kier molecular flexibility index (Phi) is 7.56. The number of piperidine rings is 1. The van der Waals surface area contributed by atoms with E-state index in [-0.39, 0.29) is 22.9 Å². The number of alkyl halides is 3. The van der Waals surface area contributed by atoms with Crippen LogP contribution in [0.2, 0.25) is 5.02 Å². The normalized spacial score (nSPS) is 17.3. The van der Waals surface area contributed by atoms with Crippen LogP contribution in [-0.2, 0) is 11.0 Å². The van der Waals surface area contributed by atoms with Gasteiger partial charge in [0.1, 0.15) is 5.82 Å². The number of nitrogens with one attached hydrogen (secondary N) is 1. The molecule has 0 spiro atoms. The molecule has 1 saturated heterocycles. The van der Waals surface area contributed by atoms with Crippen molar-refractivity contribution in [2.75, 3.05) is 38.6 Å². The Balaban J connectivity index is 1.91. The highest BCUT2D eigenvalue weighted by Gasteiger charge is 2.33. The zero-order chi connectivity index (χ0) is 21.1. The van der Waals surface area contributed by atoms with E-state index in [0.717, 1.165) is 12.3 Å². The maximum atomic E-state index is 12.8. The standard InChI is InChI=1S/C19H28ClF3N4O/c1-12(2)16(26(3)4)11-25-18(28)13-5-7-27(8-6-13)17-15(20)9-14(10-24-17)19(21,22)23/h9-10,12-13,16H,5-8,11H2,1-4H3,(H,25,28). The predicted octanol–water partition coefficient (Wildman–Crippen LogP) is 3.67. The number of halogens is 4. The third kappa shape index (κ3) is 5.73. The van der Waals surface area contributed by atoms with E-state index >= 15 is 0 Å². The van der Waals surface area contributed by atoms with Gasteiger partial charge < -0.3 is 15.1 Å². The molecule has 1 aromatic rings. The molecule has 1 aliphatic rings. The van der Waals surface area contributed by atoms with Crippen LogP contribution in [0.1, 0.15) is 32.3 Å². The summed E-state index contributed by atoms with van der Waals surface area (Å²) in [6, 6.07) is 1.16. The largest absolute Gasteiger partial charge is 0.417 e. The summed E-state index contributed by atoms with van der Waals surface area (Å²) < 4.78 is 38.3. The molecule has 1 N–H and O–H groups in total. The Labute approximate surface area is 169 Å². The maximum Gasteiger partial charge on any atom is 0.417 e. The summed E-state index contributed by atoms with van der Waals surface area (Å²) in [6.45, 7) is 5.89. The summed E-state index contributed by atoms with van der Waals surface area (Å²) in [5.74, 6) is 0.670. The molecule has 1 aliphatic heterocycles. The molecule has 1 amide bonds. The lowest BCUT2D eigenvalue weighted by atomic mass is 9.95. The summed E-state index contributed by atoms with van der Waals surface area (Å²) in [5, 5.41) is 3.01. The molecule has 0 aromatic carbocycles. The molecule has 158 valence electrons. The highest BCUT2D eigenvalue weighted by atomic mass is 35.5. The molecule has 0 bridgehead atoms. The van der Waals surface area contributed by atoms with Gasteiger partial charge in [0.2, 0.25) is 5.91 Å². The van der Waals surface area contributed by atoms with E-state index in [1.54, 1.807) is 0 Å². The van der Waals surface area contributed by atoms with Crippen molar-refractivity contribution in [2.45, 2.75) is 38.9 Å². The number of rotatable bonds is 6. The molecule has 2 rings (SSSR count). The van der Waals surface area contributed by atoms with Crippen LogP contribution in [0.4, 0.5) is 19.0 Å². The number of anilines is 1. The van der Waals surface area contributed by atoms with E-state index < -0.39 is 11.7 Å². The molecule has 1 unspecified atom stereocenters. The van der Waals surface area contributed by atoms with Gasteiger partial charge in [-0.2, -0.15) is 13.2 Å². The van der Waals surface area contributed by atoms with Crippen LogP contribution in [0.15, 0.2) is 12.3 Å². The molecule has 1 aromatic heterocycles. The molecular formula is C19H28ClF3N4O. The average molecular weight is 421 g/mol. The van der Waals surface area contributed by atoms with Gasteiger partial charge in [0.25, 0.3) is 0 Å². The minimum Gasteiger partial charge on any atom is -0.355 e. The van der Waals surface area contributed by atoms with E-state index in [4.69, 9.17) is 11.6 Å². The van der Waals surface area contributed by atoms with Crippen molar-refractivity contribution >= 4 is 23.3 Å². The van der Waals surface area contributed by atoms with Crippen LogP contribution in [0.3, 0.4) is 0 Å². The first-order chi connectivity index (χ1) is 13.0. The number of amides is 1. The lowest BCUT2D eigenvalue weighted by Gasteiger charge is -2.33. The fraction of sp³-hybridized carbons (Fsp3) is 0.684. The van der Waals surface area contributed by atoms with E-state index in [1.807, 2.05) is 19.0 Å². The Morgan fingerprint density at radius 1 is 1.36 bits per heavy atom. The highest BCUT2D eigenvalue weighted by Crippen LogP contribution is 2.34. The molecule has 0 saturated carbocycles. The molecule has 0 radical (unpaired) electrons. The van der Waals surface area contributed by atoms with Crippen molar-refractivity contribution in [2.24, 2.45) is 11.8 Å². The van der Waals surface area contributed by atoms with Crippen LogP contribution in [0.25, 0.3) is 0 Å². The predicted molar refractivity (Wildman–Crippen MR) is 105 cm³/mol. The third-order valence-electron chi connectivity index (χ3n) is 5.23.